The minimum absolute atomic E-state index is 0.0583. The maximum atomic E-state index is 10.3. The molecule has 2 aliphatic rings. The summed E-state index contributed by atoms with van der Waals surface area (Å²) in [6.45, 7) is 2.33. The molecule has 1 heterocycles. The van der Waals surface area contributed by atoms with Gasteiger partial charge in [0.05, 0.1) is 6.10 Å². The van der Waals surface area contributed by atoms with Gasteiger partial charge in [-0.2, -0.15) is 0 Å². The second kappa shape index (κ2) is 7.16. The maximum absolute atomic E-state index is 10.3. The number of aliphatic hydroxyl groups is 1. The van der Waals surface area contributed by atoms with Crippen molar-refractivity contribution in [3.8, 4) is 12.3 Å². The Morgan fingerprint density at radius 2 is 1.89 bits per heavy atom. The molecule has 102 valence electrons. The molecule has 1 saturated carbocycles. The Bertz CT molecular complexity index is 283. The van der Waals surface area contributed by atoms with Crippen LogP contribution in [0.5, 0.6) is 0 Å². The molecule has 0 aromatic heterocycles. The van der Waals surface area contributed by atoms with Gasteiger partial charge in [-0.15, -0.1) is 12.3 Å². The summed E-state index contributed by atoms with van der Waals surface area (Å²) in [5.74, 6) is 3.25. The molecular weight excluding hydrogens is 222 g/mol. The normalized spacial score (nSPS) is 34.1. The van der Waals surface area contributed by atoms with Crippen LogP contribution in [0.15, 0.2) is 0 Å². The minimum Gasteiger partial charge on any atom is -0.393 e. The van der Waals surface area contributed by atoms with Gasteiger partial charge >= 0.3 is 0 Å². The number of aliphatic hydroxyl groups excluding tert-OH is 1. The van der Waals surface area contributed by atoms with E-state index in [2.05, 4.69) is 10.8 Å². The number of nitrogens with zero attached hydrogens (tertiary/aromatic N) is 1. The molecule has 0 aromatic carbocycles. The first-order valence-corrected chi connectivity index (χ1v) is 7.68. The van der Waals surface area contributed by atoms with Gasteiger partial charge in [-0.1, -0.05) is 19.3 Å². The first kappa shape index (κ1) is 13.9. The zero-order valence-corrected chi connectivity index (χ0v) is 11.5. The van der Waals surface area contributed by atoms with Gasteiger partial charge in [0.15, 0.2) is 0 Å². The third kappa shape index (κ3) is 3.49. The van der Waals surface area contributed by atoms with Crippen LogP contribution in [0, 0.1) is 18.3 Å². The number of rotatable bonds is 4. The van der Waals surface area contributed by atoms with E-state index in [-0.39, 0.29) is 6.10 Å². The number of terminal acetylenes is 1. The van der Waals surface area contributed by atoms with Crippen LogP contribution in [0.3, 0.4) is 0 Å². The highest BCUT2D eigenvalue weighted by Gasteiger charge is 2.35. The number of hydrogen-bond donors (Lipinski definition) is 1. The third-order valence-electron chi connectivity index (χ3n) is 4.71. The molecule has 2 nitrogen and oxygen atoms in total. The van der Waals surface area contributed by atoms with E-state index in [1.165, 1.54) is 45.1 Å². The zero-order chi connectivity index (χ0) is 12.8. The van der Waals surface area contributed by atoms with Crippen molar-refractivity contribution in [1.82, 2.24) is 4.90 Å². The average molecular weight is 249 g/mol. The first-order valence-electron chi connectivity index (χ1n) is 7.68. The highest BCUT2D eigenvalue weighted by molar-refractivity contribution is 4.90. The Balaban J connectivity index is 1.91. The summed E-state index contributed by atoms with van der Waals surface area (Å²) < 4.78 is 0. The van der Waals surface area contributed by atoms with Crippen LogP contribution >= 0.6 is 0 Å². The van der Waals surface area contributed by atoms with E-state index in [1.807, 2.05) is 0 Å². The van der Waals surface area contributed by atoms with E-state index >= 15 is 0 Å². The fraction of sp³-hybridized carbons (Fsp3) is 0.875. The molecule has 3 atom stereocenters. The van der Waals surface area contributed by atoms with Crippen LogP contribution in [-0.4, -0.2) is 35.2 Å². The van der Waals surface area contributed by atoms with Gasteiger partial charge in [-0.05, 0) is 45.2 Å². The van der Waals surface area contributed by atoms with Crippen molar-refractivity contribution in [2.24, 2.45) is 5.92 Å². The van der Waals surface area contributed by atoms with E-state index in [0.717, 1.165) is 25.8 Å². The van der Waals surface area contributed by atoms with E-state index in [1.54, 1.807) is 0 Å². The molecule has 0 aromatic rings. The topological polar surface area (TPSA) is 23.5 Å². The molecule has 18 heavy (non-hydrogen) atoms. The lowest BCUT2D eigenvalue weighted by Gasteiger charge is -2.43. The Hall–Kier alpha value is -0.520. The van der Waals surface area contributed by atoms with Crippen LogP contribution < -0.4 is 0 Å². The Morgan fingerprint density at radius 3 is 2.67 bits per heavy atom. The SMILES string of the molecule is C#CCCCN1CCCCC1C1CCCCC1O. The second-order valence-corrected chi connectivity index (χ2v) is 5.92. The molecule has 3 unspecified atom stereocenters. The van der Waals surface area contributed by atoms with Crippen LogP contribution in [0.4, 0.5) is 0 Å². The molecule has 1 aliphatic heterocycles. The summed E-state index contributed by atoms with van der Waals surface area (Å²) in [7, 11) is 0. The maximum Gasteiger partial charge on any atom is 0.0583 e. The van der Waals surface area contributed by atoms with Gasteiger partial charge < -0.3 is 5.11 Å². The van der Waals surface area contributed by atoms with Crippen molar-refractivity contribution in [1.29, 1.82) is 0 Å². The van der Waals surface area contributed by atoms with Gasteiger partial charge in [0, 0.05) is 18.4 Å². The first-order chi connectivity index (χ1) is 8.83. The van der Waals surface area contributed by atoms with Gasteiger partial charge in [0.2, 0.25) is 0 Å². The molecule has 2 rings (SSSR count). The molecule has 1 N–H and O–H groups in total. The zero-order valence-electron chi connectivity index (χ0n) is 11.5. The van der Waals surface area contributed by atoms with Gasteiger partial charge in [0.1, 0.15) is 0 Å². The molecule has 0 spiro atoms. The van der Waals surface area contributed by atoms with Crippen molar-refractivity contribution < 1.29 is 5.11 Å². The standard InChI is InChI=1S/C16H27NO/c1-2-3-7-12-17-13-8-6-10-15(17)14-9-4-5-11-16(14)18/h1,14-16,18H,3-13H2. The monoisotopic (exact) mass is 249 g/mol. The highest BCUT2D eigenvalue weighted by atomic mass is 16.3. The fourth-order valence-corrected chi connectivity index (χ4v) is 3.75. The lowest BCUT2D eigenvalue weighted by Crippen LogP contribution is -2.48. The minimum atomic E-state index is -0.0583. The summed E-state index contributed by atoms with van der Waals surface area (Å²) in [6, 6.07) is 0.617. The smallest absolute Gasteiger partial charge is 0.0583 e. The van der Waals surface area contributed by atoms with E-state index < -0.39 is 0 Å². The molecule has 1 saturated heterocycles. The molecule has 0 radical (unpaired) electrons. The van der Waals surface area contributed by atoms with E-state index in [0.29, 0.717) is 12.0 Å². The van der Waals surface area contributed by atoms with Crippen molar-refractivity contribution in [2.45, 2.75) is 69.9 Å². The molecule has 0 amide bonds. The van der Waals surface area contributed by atoms with Gasteiger partial charge in [0.25, 0.3) is 0 Å². The highest BCUT2D eigenvalue weighted by Crippen LogP contribution is 2.34. The molecule has 2 heteroatoms. The molecule has 2 fully saturated rings. The van der Waals surface area contributed by atoms with Gasteiger partial charge in [-0.3, -0.25) is 4.90 Å². The predicted octanol–water partition coefficient (Wildman–Crippen LogP) is 2.81. The fourth-order valence-electron chi connectivity index (χ4n) is 3.75. The van der Waals surface area contributed by atoms with Crippen LogP contribution in [0.2, 0.25) is 0 Å². The van der Waals surface area contributed by atoms with Crippen LogP contribution in [-0.2, 0) is 0 Å². The summed E-state index contributed by atoms with van der Waals surface area (Å²) in [4.78, 5) is 2.61. The van der Waals surface area contributed by atoms with Crippen molar-refractivity contribution in [2.75, 3.05) is 13.1 Å². The summed E-state index contributed by atoms with van der Waals surface area (Å²) in [6.07, 6.45) is 15.9. The number of piperidine rings is 1. The number of hydrogen-bond acceptors (Lipinski definition) is 2. The average Bonchev–Trinajstić information content (AvgIpc) is 2.40. The van der Waals surface area contributed by atoms with Crippen molar-refractivity contribution >= 4 is 0 Å². The predicted molar refractivity (Wildman–Crippen MR) is 75.2 cm³/mol. The lowest BCUT2D eigenvalue weighted by molar-refractivity contribution is -0.00569. The largest absolute Gasteiger partial charge is 0.393 e. The number of unbranched alkanes of at least 4 members (excludes halogenated alkanes) is 1. The van der Waals surface area contributed by atoms with Crippen molar-refractivity contribution in [3.05, 3.63) is 0 Å². The third-order valence-corrected chi connectivity index (χ3v) is 4.71. The second-order valence-electron chi connectivity index (χ2n) is 5.92. The lowest BCUT2D eigenvalue weighted by atomic mass is 9.78. The van der Waals surface area contributed by atoms with Crippen LogP contribution in [0.1, 0.15) is 57.8 Å². The quantitative estimate of drug-likeness (QED) is 0.612. The van der Waals surface area contributed by atoms with Gasteiger partial charge in [-0.25, -0.2) is 0 Å². The molecule has 1 aliphatic carbocycles. The van der Waals surface area contributed by atoms with Crippen LogP contribution in [0.25, 0.3) is 0 Å². The summed E-state index contributed by atoms with van der Waals surface area (Å²) in [5, 5.41) is 10.3. The Morgan fingerprint density at radius 1 is 1.11 bits per heavy atom. The summed E-state index contributed by atoms with van der Waals surface area (Å²) >= 11 is 0. The van der Waals surface area contributed by atoms with E-state index in [4.69, 9.17) is 6.42 Å². The molecular formula is C16H27NO. The van der Waals surface area contributed by atoms with Crippen molar-refractivity contribution in [3.63, 3.8) is 0 Å². The number of likely N-dealkylation sites (tertiary alicyclic amines) is 1. The Kier molecular flexibility index (Phi) is 5.53. The summed E-state index contributed by atoms with van der Waals surface area (Å²) in [5.41, 5.74) is 0. The Labute approximate surface area is 112 Å². The van der Waals surface area contributed by atoms with E-state index in [9.17, 15) is 5.11 Å². The molecule has 0 bridgehead atoms.